The normalized spacial score (nSPS) is 17.5. The minimum absolute atomic E-state index is 0.0448. The highest BCUT2D eigenvalue weighted by molar-refractivity contribution is 6.31. The monoisotopic (exact) mass is 310 g/mol. The summed E-state index contributed by atoms with van der Waals surface area (Å²) in [5, 5.41) is 4.11. The molecular weight excluding hydrogens is 284 g/mol. The first-order chi connectivity index (χ1) is 9.94. The summed E-state index contributed by atoms with van der Waals surface area (Å²) in [7, 11) is 0. The van der Waals surface area contributed by atoms with Gasteiger partial charge in [0.25, 0.3) is 0 Å². The van der Waals surface area contributed by atoms with E-state index < -0.39 is 0 Å². The zero-order valence-electron chi connectivity index (χ0n) is 13.4. The number of hydrogen-bond donors (Lipinski definition) is 1. The topological polar surface area (TPSA) is 34.2 Å². The lowest BCUT2D eigenvalue weighted by molar-refractivity contribution is 0.175. The van der Waals surface area contributed by atoms with Gasteiger partial charge in [0.05, 0.1) is 10.7 Å². The fourth-order valence-corrected chi connectivity index (χ4v) is 2.71. The predicted octanol–water partition coefficient (Wildman–Crippen LogP) is 4.72. The van der Waals surface area contributed by atoms with Crippen LogP contribution in [-0.4, -0.2) is 16.6 Å². The Kier molecular flexibility index (Phi) is 5.88. The maximum Gasteiger partial charge on any atom is 0.213 e. The van der Waals surface area contributed by atoms with Crippen molar-refractivity contribution < 1.29 is 4.74 Å². The minimum atomic E-state index is 0.0448. The number of nitrogens with zero attached hydrogens (tertiary/aromatic N) is 1. The van der Waals surface area contributed by atoms with Gasteiger partial charge in [0.2, 0.25) is 5.88 Å². The van der Waals surface area contributed by atoms with Gasteiger partial charge >= 0.3 is 0 Å². The third-order valence-electron chi connectivity index (χ3n) is 3.77. The summed E-state index contributed by atoms with van der Waals surface area (Å²) in [6.07, 6.45) is 7.76. The highest BCUT2D eigenvalue weighted by Gasteiger charge is 2.16. The average molecular weight is 311 g/mol. The first-order valence-corrected chi connectivity index (χ1v) is 8.39. The van der Waals surface area contributed by atoms with E-state index in [1.54, 1.807) is 0 Å². The number of rotatable bonds is 4. The summed E-state index contributed by atoms with van der Waals surface area (Å²) < 4.78 is 6.07. The molecule has 1 aromatic heterocycles. The number of halogens is 1. The molecule has 0 aromatic carbocycles. The maximum atomic E-state index is 6.24. The van der Waals surface area contributed by atoms with Gasteiger partial charge in [-0.1, -0.05) is 24.4 Å². The van der Waals surface area contributed by atoms with Crippen molar-refractivity contribution in [3.63, 3.8) is 0 Å². The smallest absolute Gasteiger partial charge is 0.213 e. The van der Waals surface area contributed by atoms with Crippen LogP contribution in [-0.2, 0) is 6.54 Å². The van der Waals surface area contributed by atoms with E-state index in [9.17, 15) is 0 Å². The SMILES string of the molecule is CC(C)(C)NCc1nc(OC2CCCCCC2)ccc1Cl. The molecule has 118 valence electrons. The van der Waals surface area contributed by atoms with Crippen LogP contribution in [0.15, 0.2) is 12.1 Å². The van der Waals surface area contributed by atoms with Crippen LogP contribution >= 0.6 is 11.6 Å². The number of aromatic nitrogens is 1. The van der Waals surface area contributed by atoms with Gasteiger partial charge in [0.15, 0.2) is 0 Å². The fraction of sp³-hybridized carbons (Fsp3) is 0.706. The lowest BCUT2D eigenvalue weighted by Gasteiger charge is -2.21. The summed E-state index contributed by atoms with van der Waals surface area (Å²) in [6, 6.07) is 3.77. The Morgan fingerprint density at radius 3 is 2.48 bits per heavy atom. The van der Waals surface area contributed by atoms with Crippen LogP contribution in [0.2, 0.25) is 5.02 Å². The first kappa shape index (κ1) is 16.6. The molecule has 0 saturated heterocycles. The summed E-state index contributed by atoms with van der Waals surface area (Å²) in [6.45, 7) is 7.05. The Hall–Kier alpha value is -0.800. The number of hydrogen-bond acceptors (Lipinski definition) is 3. The molecule has 1 aromatic rings. The van der Waals surface area contributed by atoms with Crippen molar-refractivity contribution in [2.75, 3.05) is 0 Å². The van der Waals surface area contributed by atoms with E-state index in [1.807, 2.05) is 12.1 Å². The van der Waals surface area contributed by atoms with Crippen LogP contribution in [0.5, 0.6) is 5.88 Å². The van der Waals surface area contributed by atoms with E-state index in [1.165, 1.54) is 25.7 Å². The van der Waals surface area contributed by atoms with Crippen LogP contribution in [0.1, 0.15) is 65.0 Å². The van der Waals surface area contributed by atoms with E-state index in [0.29, 0.717) is 23.6 Å². The Balaban J connectivity index is 2.00. The molecule has 1 N–H and O–H groups in total. The van der Waals surface area contributed by atoms with Crippen molar-refractivity contribution in [1.29, 1.82) is 0 Å². The zero-order valence-corrected chi connectivity index (χ0v) is 14.2. The number of nitrogens with one attached hydrogen (secondary N) is 1. The molecule has 0 atom stereocenters. The molecule has 1 aliphatic carbocycles. The molecule has 1 heterocycles. The van der Waals surface area contributed by atoms with E-state index in [-0.39, 0.29) is 5.54 Å². The largest absolute Gasteiger partial charge is 0.474 e. The lowest BCUT2D eigenvalue weighted by atomic mass is 10.1. The molecule has 21 heavy (non-hydrogen) atoms. The van der Waals surface area contributed by atoms with Gasteiger partial charge in [-0.05, 0) is 52.5 Å². The van der Waals surface area contributed by atoms with E-state index in [2.05, 4.69) is 31.1 Å². The molecule has 0 bridgehead atoms. The van der Waals surface area contributed by atoms with Crippen LogP contribution in [0.3, 0.4) is 0 Å². The van der Waals surface area contributed by atoms with E-state index in [4.69, 9.17) is 16.3 Å². The summed E-state index contributed by atoms with van der Waals surface area (Å²) >= 11 is 6.24. The maximum absolute atomic E-state index is 6.24. The molecule has 1 aliphatic rings. The van der Waals surface area contributed by atoms with E-state index in [0.717, 1.165) is 18.5 Å². The Labute approximate surface area is 133 Å². The molecule has 0 amide bonds. The number of pyridine rings is 1. The van der Waals surface area contributed by atoms with Gasteiger partial charge in [-0.25, -0.2) is 4.98 Å². The summed E-state index contributed by atoms with van der Waals surface area (Å²) in [5.74, 6) is 0.706. The van der Waals surface area contributed by atoms with Crippen molar-refractivity contribution in [3.8, 4) is 5.88 Å². The molecule has 2 rings (SSSR count). The highest BCUT2D eigenvalue weighted by atomic mass is 35.5. The second-order valence-corrected chi connectivity index (χ2v) is 7.32. The molecule has 0 aliphatic heterocycles. The molecular formula is C17H27ClN2O. The van der Waals surface area contributed by atoms with Crippen LogP contribution < -0.4 is 10.1 Å². The number of ether oxygens (including phenoxy) is 1. The second-order valence-electron chi connectivity index (χ2n) is 6.91. The second kappa shape index (κ2) is 7.46. The Bertz CT molecular complexity index is 449. The third kappa shape index (κ3) is 5.84. The van der Waals surface area contributed by atoms with Gasteiger partial charge in [0, 0.05) is 18.2 Å². The van der Waals surface area contributed by atoms with Gasteiger partial charge in [-0.3, -0.25) is 0 Å². The zero-order chi connectivity index (χ0) is 15.3. The van der Waals surface area contributed by atoms with Crippen LogP contribution in [0.25, 0.3) is 0 Å². The standard InChI is InChI=1S/C17H27ClN2O/c1-17(2,3)19-12-15-14(18)10-11-16(20-15)21-13-8-6-4-5-7-9-13/h10-11,13,19H,4-9,12H2,1-3H3. The Morgan fingerprint density at radius 1 is 1.19 bits per heavy atom. The highest BCUT2D eigenvalue weighted by Crippen LogP contribution is 2.24. The van der Waals surface area contributed by atoms with Crippen molar-refractivity contribution in [1.82, 2.24) is 10.3 Å². The molecule has 4 heteroatoms. The molecule has 1 fully saturated rings. The molecule has 0 radical (unpaired) electrons. The van der Waals surface area contributed by atoms with Gasteiger partial charge < -0.3 is 10.1 Å². The van der Waals surface area contributed by atoms with Crippen molar-refractivity contribution in [2.24, 2.45) is 0 Å². The average Bonchev–Trinajstić information content (AvgIpc) is 2.67. The lowest BCUT2D eigenvalue weighted by Crippen LogP contribution is -2.35. The molecule has 0 unspecified atom stereocenters. The van der Waals surface area contributed by atoms with Gasteiger partial charge in [-0.15, -0.1) is 0 Å². The third-order valence-corrected chi connectivity index (χ3v) is 4.11. The quantitative estimate of drug-likeness (QED) is 0.817. The van der Waals surface area contributed by atoms with Crippen LogP contribution in [0.4, 0.5) is 0 Å². The Morgan fingerprint density at radius 2 is 1.86 bits per heavy atom. The van der Waals surface area contributed by atoms with Gasteiger partial charge in [-0.2, -0.15) is 0 Å². The summed E-state index contributed by atoms with van der Waals surface area (Å²) in [5.41, 5.74) is 0.904. The molecule has 1 saturated carbocycles. The minimum Gasteiger partial charge on any atom is -0.474 e. The molecule has 3 nitrogen and oxygen atoms in total. The molecule has 0 spiro atoms. The van der Waals surface area contributed by atoms with Crippen molar-refractivity contribution >= 4 is 11.6 Å². The predicted molar refractivity (Wildman–Crippen MR) is 88.0 cm³/mol. The van der Waals surface area contributed by atoms with Gasteiger partial charge in [0.1, 0.15) is 6.10 Å². The van der Waals surface area contributed by atoms with Crippen molar-refractivity contribution in [3.05, 3.63) is 22.8 Å². The van der Waals surface area contributed by atoms with Crippen molar-refractivity contribution in [2.45, 2.75) is 77.5 Å². The first-order valence-electron chi connectivity index (χ1n) is 8.01. The summed E-state index contributed by atoms with van der Waals surface area (Å²) in [4.78, 5) is 4.58. The van der Waals surface area contributed by atoms with E-state index >= 15 is 0 Å². The van der Waals surface area contributed by atoms with Crippen LogP contribution in [0, 0.1) is 0 Å². The fourth-order valence-electron chi connectivity index (χ4n) is 2.53.